The number of aromatic nitrogens is 2. The molecule has 0 fully saturated rings. The number of rotatable bonds is 1. The first kappa shape index (κ1) is 13.8. The normalized spacial score (nSPS) is 17.3. The van der Waals surface area contributed by atoms with Gasteiger partial charge < -0.3 is 15.7 Å². The molecule has 0 saturated heterocycles. The van der Waals surface area contributed by atoms with Gasteiger partial charge in [-0.15, -0.1) is 0 Å². The molecule has 0 spiro atoms. The summed E-state index contributed by atoms with van der Waals surface area (Å²) in [6, 6.07) is 12.0. The Bertz CT molecular complexity index is 893. The van der Waals surface area contributed by atoms with Crippen LogP contribution in [-0.2, 0) is 13.0 Å². The summed E-state index contributed by atoms with van der Waals surface area (Å²) in [4.78, 5) is 10.8. The number of hydrogen-bond donors (Lipinski definition) is 2. The Hall–Kier alpha value is -2.82. The molecule has 0 aliphatic carbocycles. The van der Waals surface area contributed by atoms with E-state index >= 15 is 0 Å². The van der Waals surface area contributed by atoms with Gasteiger partial charge in [0.2, 0.25) is 0 Å². The second-order valence-corrected chi connectivity index (χ2v) is 6.05. The molecule has 0 amide bonds. The molecule has 0 saturated carbocycles. The van der Waals surface area contributed by atoms with Gasteiger partial charge in [0.1, 0.15) is 17.9 Å². The number of fused-ring (bicyclic) bond motifs is 2. The van der Waals surface area contributed by atoms with Gasteiger partial charge in [0, 0.05) is 28.7 Å². The van der Waals surface area contributed by atoms with Gasteiger partial charge in [0.25, 0.3) is 0 Å². The summed E-state index contributed by atoms with van der Waals surface area (Å²) in [5, 5.41) is 12.3. The molecular formula is C18H18N4O. The van der Waals surface area contributed by atoms with Crippen molar-refractivity contribution < 1.29 is 5.11 Å². The van der Waals surface area contributed by atoms with Gasteiger partial charge in [-0.25, -0.2) is 9.97 Å². The highest BCUT2D eigenvalue weighted by atomic mass is 16.3. The minimum absolute atomic E-state index is 0.251. The summed E-state index contributed by atoms with van der Waals surface area (Å²) in [6.45, 7) is 2.82. The Balaban J connectivity index is 1.85. The zero-order valence-electron chi connectivity index (χ0n) is 12.9. The minimum Gasteiger partial charge on any atom is -0.508 e. The van der Waals surface area contributed by atoms with Crippen molar-refractivity contribution in [3.63, 3.8) is 0 Å². The zero-order chi connectivity index (χ0) is 16.0. The van der Waals surface area contributed by atoms with E-state index in [1.807, 2.05) is 24.3 Å². The Labute approximate surface area is 134 Å². The van der Waals surface area contributed by atoms with Crippen molar-refractivity contribution in [1.82, 2.24) is 9.97 Å². The molecule has 116 valence electrons. The first-order valence-electron chi connectivity index (χ1n) is 7.70. The van der Waals surface area contributed by atoms with Gasteiger partial charge >= 0.3 is 0 Å². The van der Waals surface area contributed by atoms with Crippen molar-refractivity contribution in [2.75, 3.05) is 10.6 Å². The van der Waals surface area contributed by atoms with Gasteiger partial charge in [-0.2, -0.15) is 0 Å². The predicted octanol–water partition coefficient (Wildman–Crippen LogP) is 2.87. The van der Waals surface area contributed by atoms with Crippen molar-refractivity contribution in [1.29, 1.82) is 0 Å². The van der Waals surface area contributed by atoms with E-state index in [4.69, 9.17) is 5.73 Å². The summed E-state index contributed by atoms with van der Waals surface area (Å²) < 4.78 is 0. The van der Waals surface area contributed by atoms with Gasteiger partial charge in [0.05, 0.1) is 12.2 Å². The van der Waals surface area contributed by atoms with Crippen LogP contribution in [-0.4, -0.2) is 21.1 Å². The van der Waals surface area contributed by atoms with Crippen LogP contribution in [0.2, 0.25) is 0 Å². The Morgan fingerprint density at radius 1 is 1.22 bits per heavy atom. The number of phenolic OH excluding ortho intramolecular Hbond substituents is 1. The summed E-state index contributed by atoms with van der Waals surface area (Å²) in [6.07, 6.45) is 2.31. The highest BCUT2D eigenvalue weighted by molar-refractivity contribution is 5.95. The fourth-order valence-corrected chi connectivity index (χ4v) is 3.38. The van der Waals surface area contributed by atoms with E-state index in [9.17, 15) is 5.11 Å². The third kappa shape index (κ3) is 2.25. The first-order chi connectivity index (χ1) is 11.1. The number of nitrogen functional groups attached to an aromatic ring is 1. The van der Waals surface area contributed by atoms with E-state index in [2.05, 4.69) is 27.9 Å². The molecule has 3 N–H and O–H groups in total. The van der Waals surface area contributed by atoms with Crippen LogP contribution in [0.4, 0.5) is 11.5 Å². The third-order valence-corrected chi connectivity index (χ3v) is 4.55. The average Bonchev–Trinajstić information content (AvgIpc) is 2.54. The molecule has 2 heterocycles. The van der Waals surface area contributed by atoms with Crippen LogP contribution in [0.1, 0.15) is 18.2 Å². The van der Waals surface area contributed by atoms with Gasteiger partial charge in [-0.05, 0) is 24.8 Å². The molecule has 0 radical (unpaired) electrons. The topological polar surface area (TPSA) is 75.3 Å². The van der Waals surface area contributed by atoms with E-state index in [0.29, 0.717) is 12.4 Å². The third-order valence-electron chi connectivity index (χ3n) is 4.55. The second kappa shape index (κ2) is 5.12. The van der Waals surface area contributed by atoms with Crippen molar-refractivity contribution in [3.05, 3.63) is 54.0 Å². The number of phenols is 1. The van der Waals surface area contributed by atoms with Crippen LogP contribution < -0.4 is 10.6 Å². The zero-order valence-corrected chi connectivity index (χ0v) is 12.9. The molecule has 1 aliphatic rings. The summed E-state index contributed by atoms with van der Waals surface area (Å²) in [5.74, 6) is 0.848. The van der Waals surface area contributed by atoms with E-state index in [0.717, 1.165) is 34.1 Å². The lowest BCUT2D eigenvalue weighted by atomic mass is 9.97. The fourth-order valence-electron chi connectivity index (χ4n) is 3.38. The van der Waals surface area contributed by atoms with E-state index < -0.39 is 0 Å². The smallest absolute Gasteiger partial charge is 0.130 e. The van der Waals surface area contributed by atoms with Gasteiger partial charge in [-0.1, -0.05) is 24.3 Å². The highest BCUT2D eigenvalue weighted by Gasteiger charge is 2.27. The van der Waals surface area contributed by atoms with E-state index in [1.54, 1.807) is 6.07 Å². The van der Waals surface area contributed by atoms with Crippen LogP contribution in [0.25, 0.3) is 10.8 Å². The molecule has 2 aromatic carbocycles. The van der Waals surface area contributed by atoms with Crippen LogP contribution in [0.5, 0.6) is 5.75 Å². The van der Waals surface area contributed by atoms with Crippen LogP contribution >= 0.6 is 0 Å². The molecule has 1 aromatic heterocycles. The second-order valence-electron chi connectivity index (χ2n) is 6.05. The maximum absolute atomic E-state index is 10.1. The number of aromatic hydroxyl groups is 1. The van der Waals surface area contributed by atoms with Crippen molar-refractivity contribution in [2.45, 2.75) is 25.9 Å². The molecule has 3 aromatic rings. The maximum Gasteiger partial charge on any atom is 0.130 e. The minimum atomic E-state index is 0.251. The SMILES string of the molecule is CC1Cc2c(N)ncnc2CN1c1cc(O)cc2ccccc12. The molecule has 1 unspecified atom stereocenters. The number of benzene rings is 2. The molecule has 5 heteroatoms. The molecule has 1 aliphatic heterocycles. The Kier molecular flexibility index (Phi) is 3.08. The Morgan fingerprint density at radius 2 is 2.04 bits per heavy atom. The summed E-state index contributed by atoms with van der Waals surface area (Å²) in [5.41, 5.74) is 9.02. The lowest BCUT2D eigenvalue weighted by molar-refractivity contribution is 0.475. The van der Waals surface area contributed by atoms with Crippen molar-refractivity contribution in [3.8, 4) is 5.75 Å². The van der Waals surface area contributed by atoms with E-state index in [-0.39, 0.29) is 11.8 Å². The maximum atomic E-state index is 10.1. The Morgan fingerprint density at radius 3 is 2.91 bits per heavy atom. The summed E-state index contributed by atoms with van der Waals surface area (Å²) in [7, 11) is 0. The molecule has 4 rings (SSSR count). The quantitative estimate of drug-likeness (QED) is 0.723. The highest BCUT2D eigenvalue weighted by Crippen LogP contribution is 2.36. The lowest BCUT2D eigenvalue weighted by Crippen LogP contribution is -2.39. The van der Waals surface area contributed by atoms with Crippen molar-refractivity contribution >= 4 is 22.3 Å². The largest absolute Gasteiger partial charge is 0.508 e. The molecule has 5 nitrogen and oxygen atoms in total. The monoisotopic (exact) mass is 306 g/mol. The number of anilines is 2. The predicted molar refractivity (Wildman–Crippen MR) is 91.4 cm³/mol. The van der Waals surface area contributed by atoms with E-state index in [1.165, 1.54) is 6.33 Å². The van der Waals surface area contributed by atoms with Crippen LogP contribution in [0.15, 0.2) is 42.7 Å². The lowest BCUT2D eigenvalue weighted by Gasteiger charge is -2.37. The number of nitrogens with two attached hydrogens (primary N) is 1. The first-order valence-corrected chi connectivity index (χ1v) is 7.70. The van der Waals surface area contributed by atoms with Crippen LogP contribution in [0, 0.1) is 0 Å². The number of nitrogens with zero attached hydrogens (tertiary/aromatic N) is 3. The standard InChI is InChI=1S/C18H18N4O/c1-11-6-15-16(20-10-21-18(15)19)9-22(11)17-8-13(23)7-12-4-2-3-5-14(12)17/h2-5,7-8,10-11,23H,6,9H2,1H3,(H2,19,20,21). The number of hydrogen-bond acceptors (Lipinski definition) is 5. The van der Waals surface area contributed by atoms with Gasteiger partial charge in [0.15, 0.2) is 0 Å². The molecular weight excluding hydrogens is 288 g/mol. The molecule has 1 atom stereocenters. The fraction of sp³-hybridized carbons (Fsp3) is 0.222. The summed E-state index contributed by atoms with van der Waals surface area (Å²) >= 11 is 0. The molecule has 23 heavy (non-hydrogen) atoms. The average molecular weight is 306 g/mol. The molecule has 0 bridgehead atoms. The van der Waals surface area contributed by atoms with Crippen LogP contribution in [0.3, 0.4) is 0 Å². The van der Waals surface area contributed by atoms with Gasteiger partial charge in [-0.3, -0.25) is 0 Å². The van der Waals surface area contributed by atoms with Crippen molar-refractivity contribution in [2.24, 2.45) is 0 Å².